The SMILES string of the molecule is CC(C)c1nc(CN(C)C(=O)NC(CC(=O)OC(C)(C)C)C(=O)CC(CCC(Cc2ccccc2)NC(=O)OCc2cncs2)Cc2ccccc2)cs1. The molecule has 0 aliphatic rings. The standard InChI is InChI=1S/C41H53N5O6S2/c1-28(2)38-43-33(26-53-38)24-46(6)39(49)45-35(22-37(48)52-41(3,4)5)36(47)21-31(19-29-13-9-7-10-14-29)17-18-32(20-30-15-11-8-12-16-30)44-40(50)51-25-34-23-42-27-54-34/h7-16,23,26-28,31-32,35H,17-22,24-25H2,1-6H3,(H,44,50)(H,45,49). The van der Waals surface area contributed by atoms with E-state index in [2.05, 4.69) is 34.4 Å². The summed E-state index contributed by atoms with van der Waals surface area (Å²) in [5.74, 6) is -0.729. The molecule has 0 radical (unpaired) electrons. The number of nitrogens with one attached hydrogen (secondary N) is 2. The summed E-state index contributed by atoms with van der Waals surface area (Å²) in [6.45, 7) is 9.80. The Bertz CT molecular complexity index is 1760. The number of aromatic nitrogens is 2. The van der Waals surface area contributed by atoms with Crippen LogP contribution in [-0.2, 0) is 45.1 Å². The number of rotatable bonds is 19. The van der Waals surface area contributed by atoms with Crippen LogP contribution in [0.2, 0.25) is 0 Å². The molecule has 0 fully saturated rings. The highest BCUT2D eigenvalue weighted by atomic mass is 32.1. The van der Waals surface area contributed by atoms with Crippen LogP contribution in [0.4, 0.5) is 9.59 Å². The lowest BCUT2D eigenvalue weighted by atomic mass is 9.86. The molecule has 0 aliphatic carbocycles. The molecular weight excluding hydrogens is 723 g/mol. The zero-order valence-corrected chi connectivity index (χ0v) is 33.7. The van der Waals surface area contributed by atoms with Crippen LogP contribution in [0.3, 0.4) is 0 Å². The number of carbonyl (C=O) groups excluding carboxylic acids is 4. The maximum Gasteiger partial charge on any atom is 0.407 e. The first-order chi connectivity index (χ1) is 25.7. The van der Waals surface area contributed by atoms with Gasteiger partial charge in [0.15, 0.2) is 5.78 Å². The molecule has 11 nitrogen and oxygen atoms in total. The van der Waals surface area contributed by atoms with E-state index in [0.29, 0.717) is 25.7 Å². The highest BCUT2D eigenvalue weighted by Crippen LogP contribution is 2.24. The molecule has 4 rings (SSSR count). The van der Waals surface area contributed by atoms with Gasteiger partial charge in [0.05, 0.1) is 40.1 Å². The lowest BCUT2D eigenvalue weighted by molar-refractivity contribution is -0.156. The first-order valence-electron chi connectivity index (χ1n) is 18.3. The number of hydrogen-bond acceptors (Lipinski definition) is 10. The molecule has 0 aliphatic heterocycles. The second-order valence-electron chi connectivity index (χ2n) is 14.9. The van der Waals surface area contributed by atoms with Gasteiger partial charge < -0.3 is 25.0 Å². The Morgan fingerprint density at radius 2 is 1.54 bits per heavy atom. The maximum atomic E-state index is 14.2. The average molecular weight is 776 g/mol. The molecule has 3 amide bonds. The summed E-state index contributed by atoms with van der Waals surface area (Å²) in [6, 6.07) is 17.9. The predicted molar refractivity (Wildman–Crippen MR) is 212 cm³/mol. The number of Topliss-reactive ketones (excluding diaryl/α,β-unsaturated/α-hetero) is 1. The topological polar surface area (TPSA) is 140 Å². The molecule has 2 aromatic heterocycles. The number of nitrogens with zero attached hydrogens (tertiary/aromatic N) is 3. The van der Waals surface area contributed by atoms with Gasteiger partial charge in [-0.2, -0.15) is 0 Å². The van der Waals surface area contributed by atoms with Crippen LogP contribution >= 0.6 is 22.7 Å². The van der Waals surface area contributed by atoms with Gasteiger partial charge >= 0.3 is 18.1 Å². The molecule has 2 heterocycles. The van der Waals surface area contributed by atoms with Crippen molar-refractivity contribution in [3.05, 3.63) is 104 Å². The second kappa shape index (κ2) is 20.7. The summed E-state index contributed by atoms with van der Waals surface area (Å²) < 4.78 is 11.1. The van der Waals surface area contributed by atoms with Gasteiger partial charge in [-0.25, -0.2) is 14.6 Å². The van der Waals surface area contributed by atoms with Crippen LogP contribution in [0.5, 0.6) is 0 Å². The number of carbonyl (C=O) groups is 4. The monoisotopic (exact) mass is 775 g/mol. The Hall–Kier alpha value is -4.62. The van der Waals surface area contributed by atoms with E-state index in [9.17, 15) is 19.2 Å². The Labute approximate surface area is 326 Å². The summed E-state index contributed by atoms with van der Waals surface area (Å²) in [6.07, 6.45) is 3.26. The first kappa shape index (κ1) is 42.1. The number of hydrogen-bond donors (Lipinski definition) is 2. The molecule has 2 aromatic carbocycles. The first-order valence-corrected chi connectivity index (χ1v) is 20.1. The Kier molecular flexibility index (Phi) is 16.2. The van der Waals surface area contributed by atoms with E-state index in [1.165, 1.54) is 16.2 Å². The number of ether oxygens (including phenoxy) is 2. The minimum absolute atomic E-state index is 0.101. The van der Waals surface area contributed by atoms with Crippen molar-refractivity contribution in [2.45, 2.75) is 110 Å². The molecule has 2 N–H and O–H groups in total. The van der Waals surface area contributed by atoms with Gasteiger partial charge in [0.25, 0.3) is 0 Å². The van der Waals surface area contributed by atoms with Crippen LogP contribution in [0, 0.1) is 5.92 Å². The van der Waals surface area contributed by atoms with Crippen molar-refractivity contribution in [2.75, 3.05) is 7.05 Å². The minimum Gasteiger partial charge on any atom is -0.460 e. The molecule has 13 heteroatoms. The fourth-order valence-corrected chi connectivity index (χ4v) is 7.23. The zero-order chi connectivity index (χ0) is 39.1. The van der Waals surface area contributed by atoms with E-state index >= 15 is 0 Å². The van der Waals surface area contributed by atoms with Crippen LogP contribution in [0.1, 0.15) is 92.9 Å². The third-order valence-electron chi connectivity index (χ3n) is 8.54. The Balaban J connectivity index is 1.50. The fourth-order valence-electron chi connectivity index (χ4n) is 5.90. The van der Waals surface area contributed by atoms with Crippen molar-refractivity contribution in [3.63, 3.8) is 0 Å². The number of amides is 3. The summed E-state index contributed by atoms with van der Waals surface area (Å²) in [4.78, 5) is 64.7. The van der Waals surface area contributed by atoms with Gasteiger partial charge in [-0.3, -0.25) is 14.6 Å². The van der Waals surface area contributed by atoms with Gasteiger partial charge in [0.1, 0.15) is 12.2 Å². The summed E-state index contributed by atoms with van der Waals surface area (Å²) >= 11 is 2.96. The van der Waals surface area contributed by atoms with Gasteiger partial charge in [0.2, 0.25) is 0 Å². The average Bonchev–Trinajstić information content (AvgIpc) is 3.82. The quantitative estimate of drug-likeness (QED) is 0.0912. The third kappa shape index (κ3) is 15.0. The van der Waals surface area contributed by atoms with Crippen molar-refractivity contribution in [1.29, 1.82) is 0 Å². The molecule has 54 heavy (non-hydrogen) atoms. The number of urea groups is 1. The van der Waals surface area contributed by atoms with Crippen molar-refractivity contribution >= 4 is 46.6 Å². The minimum atomic E-state index is -1.10. The van der Waals surface area contributed by atoms with Crippen LogP contribution in [0.25, 0.3) is 0 Å². The Morgan fingerprint density at radius 1 is 0.870 bits per heavy atom. The molecule has 0 bridgehead atoms. The summed E-state index contributed by atoms with van der Waals surface area (Å²) in [7, 11) is 1.64. The van der Waals surface area contributed by atoms with Gasteiger partial charge in [-0.15, -0.1) is 22.7 Å². The number of esters is 1. The largest absolute Gasteiger partial charge is 0.460 e. The van der Waals surface area contributed by atoms with E-state index in [0.717, 1.165) is 26.7 Å². The predicted octanol–water partition coefficient (Wildman–Crippen LogP) is 8.10. The number of alkyl carbamates (subject to hydrolysis) is 1. The van der Waals surface area contributed by atoms with E-state index in [4.69, 9.17) is 9.47 Å². The van der Waals surface area contributed by atoms with E-state index in [1.54, 1.807) is 50.9 Å². The number of ketones is 1. The Morgan fingerprint density at radius 3 is 2.13 bits per heavy atom. The summed E-state index contributed by atoms with van der Waals surface area (Å²) in [5.41, 5.74) is 3.80. The van der Waals surface area contributed by atoms with E-state index < -0.39 is 29.7 Å². The lowest BCUT2D eigenvalue weighted by Crippen LogP contribution is -2.48. The fraction of sp³-hybridized carbons (Fsp3) is 0.463. The highest BCUT2D eigenvalue weighted by Gasteiger charge is 2.30. The molecule has 0 saturated heterocycles. The molecule has 0 saturated carbocycles. The van der Waals surface area contributed by atoms with Crippen molar-refractivity contribution < 1.29 is 28.7 Å². The molecular formula is C41H53N5O6S2. The second-order valence-corrected chi connectivity index (χ2v) is 16.7. The smallest absolute Gasteiger partial charge is 0.407 e. The highest BCUT2D eigenvalue weighted by molar-refractivity contribution is 7.09. The normalized spacial score (nSPS) is 13.1. The lowest BCUT2D eigenvalue weighted by Gasteiger charge is -2.26. The molecule has 4 aromatic rings. The van der Waals surface area contributed by atoms with Gasteiger partial charge in [0, 0.05) is 37.0 Å². The van der Waals surface area contributed by atoms with Crippen LogP contribution in [0.15, 0.2) is 77.8 Å². The molecule has 3 unspecified atom stereocenters. The van der Waals surface area contributed by atoms with Crippen molar-refractivity contribution in [3.8, 4) is 0 Å². The van der Waals surface area contributed by atoms with Crippen molar-refractivity contribution in [1.82, 2.24) is 25.5 Å². The van der Waals surface area contributed by atoms with Crippen LogP contribution in [-0.4, -0.2) is 63.5 Å². The molecule has 3 atom stereocenters. The molecule has 0 spiro atoms. The third-order valence-corrected chi connectivity index (χ3v) is 10.5. The summed E-state index contributed by atoms with van der Waals surface area (Å²) in [5, 5.41) is 8.79. The van der Waals surface area contributed by atoms with Gasteiger partial charge in [-0.05, 0) is 63.5 Å². The number of thiazole rings is 2. The van der Waals surface area contributed by atoms with Crippen LogP contribution < -0.4 is 10.6 Å². The zero-order valence-electron chi connectivity index (χ0n) is 32.1. The van der Waals surface area contributed by atoms with Crippen molar-refractivity contribution in [2.24, 2.45) is 5.92 Å². The maximum absolute atomic E-state index is 14.2. The van der Waals surface area contributed by atoms with E-state index in [-0.39, 0.29) is 49.7 Å². The van der Waals surface area contributed by atoms with Gasteiger partial charge in [-0.1, -0.05) is 74.5 Å². The molecule has 290 valence electrons. The number of benzene rings is 2. The van der Waals surface area contributed by atoms with E-state index in [1.807, 2.05) is 66.0 Å².